The van der Waals surface area contributed by atoms with Crippen molar-refractivity contribution in [3.05, 3.63) is 64.2 Å². The van der Waals surface area contributed by atoms with Crippen LogP contribution in [0, 0.1) is 0 Å². The molecule has 2 aromatic carbocycles. The van der Waals surface area contributed by atoms with Gasteiger partial charge in [-0.15, -0.1) is 11.8 Å². The normalized spacial score (nSPS) is 16.4. The minimum atomic E-state index is -4.78. The molecular formula is C21H16F3N3O3S3. The van der Waals surface area contributed by atoms with Crippen molar-refractivity contribution in [1.29, 1.82) is 0 Å². The first-order chi connectivity index (χ1) is 15.5. The van der Waals surface area contributed by atoms with E-state index in [2.05, 4.69) is 15.2 Å². The molecule has 0 bridgehead atoms. The van der Waals surface area contributed by atoms with Crippen LogP contribution in [0.5, 0.6) is 0 Å². The van der Waals surface area contributed by atoms with Crippen LogP contribution in [0.4, 0.5) is 13.2 Å². The van der Waals surface area contributed by atoms with Crippen LogP contribution in [-0.2, 0) is 27.2 Å². The molecule has 3 aromatic rings. The van der Waals surface area contributed by atoms with Gasteiger partial charge in [-0.1, -0.05) is 23.9 Å². The molecule has 0 spiro atoms. The highest BCUT2D eigenvalue weighted by Gasteiger charge is 2.35. The molecule has 0 saturated heterocycles. The second kappa shape index (κ2) is 8.65. The molecule has 0 fully saturated rings. The van der Waals surface area contributed by atoms with Crippen molar-refractivity contribution >= 4 is 60.1 Å². The number of alkyl halides is 3. The number of allylic oxidation sites excluding steroid dienone is 1. The summed E-state index contributed by atoms with van der Waals surface area (Å²) in [6, 6.07) is 8.11. The predicted octanol–water partition coefficient (Wildman–Crippen LogP) is 4.93. The van der Waals surface area contributed by atoms with Crippen LogP contribution < -0.4 is 0 Å². The number of amides is 1. The number of H-pyrrole nitrogens is 1. The number of fused-ring (bicyclic) bond motifs is 1. The molecule has 1 aliphatic heterocycles. The molecule has 172 valence electrons. The molecule has 0 saturated carbocycles. The smallest absolute Gasteiger partial charge is 0.278 e. The Balaban J connectivity index is 1.89. The van der Waals surface area contributed by atoms with Crippen LogP contribution in [0.1, 0.15) is 16.7 Å². The molecular weight excluding hydrogens is 495 g/mol. The number of aromatic nitrogens is 2. The quantitative estimate of drug-likeness (QED) is 0.500. The zero-order valence-corrected chi connectivity index (χ0v) is 19.7. The summed E-state index contributed by atoms with van der Waals surface area (Å²) in [5.41, 5.74) is 0.462. The summed E-state index contributed by atoms with van der Waals surface area (Å²) in [6.07, 6.45) is -0.839. The Hall–Kier alpha value is -2.57. The lowest BCUT2D eigenvalue weighted by Crippen LogP contribution is -2.12. The zero-order chi connectivity index (χ0) is 24.0. The summed E-state index contributed by atoms with van der Waals surface area (Å²) >= 11 is 2.38. The van der Waals surface area contributed by atoms with Gasteiger partial charge >= 0.3 is 6.18 Å². The van der Waals surface area contributed by atoms with Gasteiger partial charge in [0.15, 0.2) is 9.84 Å². The molecule has 1 aromatic heterocycles. The lowest BCUT2D eigenvalue weighted by Gasteiger charge is -2.17. The lowest BCUT2D eigenvalue weighted by molar-refractivity contribution is -0.138. The third-order valence-electron chi connectivity index (χ3n) is 5.00. The van der Waals surface area contributed by atoms with Crippen LogP contribution >= 0.6 is 23.5 Å². The Morgan fingerprint density at radius 3 is 2.58 bits per heavy atom. The average molecular weight is 512 g/mol. The molecule has 6 nitrogen and oxygen atoms in total. The maximum atomic E-state index is 13.9. The molecule has 2 heterocycles. The summed E-state index contributed by atoms with van der Waals surface area (Å²) < 4.78 is 65.8. The number of halogens is 3. The molecule has 12 heteroatoms. The molecule has 1 amide bonds. The van der Waals surface area contributed by atoms with Gasteiger partial charge in [0.25, 0.3) is 5.91 Å². The molecule has 0 unspecified atom stereocenters. The second-order valence-electron chi connectivity index (χ2n) is 7.23. The van der Waals surface area contributed by atoms with Crippen LogP contribution in [0.2, 0.25) is 0 Å². The van der Waals surface area contributed by atoms with E-state index in [0.717, 1.165) is 41.1 Å². The van der Waals surface area contributed by atoms with Gasteiger partial charge in [0.2, 0.25) is 0 Å². The van der Waals surface area contributed by atoms with Gasteiger partial charge in [-0.3, -0.25) is 9.89 Å². The number of carbonyl (C=O) groups is 1. The zero-order valence-electron chi connectivity index (χ0n) is 17.2. The molecule has 0 radical (unpaired) electrons. The fourth-order valence-electron chi connectivity index (χ4n) is 3.40. The number of aromatic amines is 1. The number of nitrogens with one attached hydrogen (secondary N) is 1. The first-order valence-electron chi connectivity index (χ1n) is 9.39. The summed E-state index contributed by atoms with van der Waals surface area (Å²) in [5, 5.41) is 7.50. The van der Waals surface area contributed by atoms with Crippen LogP contribution in [0.15, 0.2) is 57.4 Å². The third kappa shape index (κ3) is 4.87. The number of nitrogens with zero attached hydrogens (tertiary/aromatic N) is 2. The number of rotatable bonds is 4. The van der Waals surface area contributed by atoms with Crippen molar-refractivity contribution in [1.82, 2.24) is 10.2 Å². The Kier molecular flexibility index (Phi) is 6.18. The van der Waals surface area contributed by atoms with Gasteiger partial charge in [-0.25, -0.2) is 8.42 Å². The van der Waals surface area contributed by atoms with Crippen molar-refractivity contribution in [3.8, 4) is 0 Å². The topological polar surface area (TPSA) is 92.2 Å². The number of aliphatic imine (C=N–C) groups is 1. The summed E-state index contributed by atoms with van der Waals surface area (Å²) in [4.78, 5) is 16.4. The van der Waals surface area contributed by atoms with E-state index in [-0.39, 0.29) is 16.9 Å². The van der Waals surface area contributed by atoms with Gasteiger partial charge in [0.05, 0.1) is 27.1 Å². The lowest BCUT2D eigenvalue weighted by atomic mass is 9.93. The maximum absolute atomic E-state index is 13.9. The first kappa shape index (κ1) is 23.6. The molecule has 4 rings (SSSR count). The van der Waals surface area contributed by atoms with Gasteiger partial charge in [0, 0.05) is 11.6 Å². The second-order valence-corrected chi connectivity index (χ2v) is 11.3. The molecule has 0 aliphatic carbocycles. The molecule has 1 aliphatic rings. The molecule has 0 atom stereocenters. The van der Waals surface area contributed by atoms with E-state index in [9.17, 15) is 26.4 Å². The fraction of sp³-hybridized carbons (Fsp3) is 0.190. The van der Waals surface area contributed by atoms with Crippen molar-refractivity contribution in [2.75, 3.05) is 12.5 Å². The van der Waals surface area contributed by atoms with Crippen molar-refractivity contribution in [3.63, 3.8) is 0 Å². The van der Waals surface area contributed by atoms with Crippen molar-refractivity contribution < 1.29 is 26.4 Å². The van der Waals surface area contributed by atoms with E-state index >= 15 is 0 Å². The van der Waals surface area contributed by atoms with Crippen LogP contribution in [0.25, 0.3) is 16.5 Å². The highest BCUT2D eigenvalue weighted by Crippen LogP contribution is 2.41. The van der Waals surface area contributed by atoms with E-state index in [1.54, 1.807) is 30.7 Å². The van der Waals surface area contributed by atoms with Gasteiger partial charge in [-0.2, -0.15) is 23.3 Å². The summed E-state index contributed by atoms with van der Waals surface area (Å²) in [7, 11) is -3.84. The van der Waals surface area contributed by atoms with Crippen molar-refractivity contribution in [2.24, 2.45) is 4.99 Å². The number of thioether (sulfide) groups is 2. The monoisotopic (exact) mass is 511 g/mol. The minimum absolute atomic E-state index is 0.143. The van der Waals surface area contributed by atoms with E-state index in [1.165, 1.54) is 11.8 Å². The predicted molar refractivity (Wildman–Crippen MR) is 125 cm³/mol. The van der Waals surface area contributed by atoms with Gasteiger partial charge < -0.3 is 0 Å². The van der Waals surface area contributed by atoms with Crippen molar-refractivity contribution in [2.45, 2.75) is 17.5 Å². The number of sulfone groups is 1. The maximum Gasteiger partial charge on any atom is 0.416 e. The highest BCUT2D eigenvalue weighted by molar-refractivity contribution is 8.41. The Morgan fingerprint density at radius 1 is 1.18 bits per heavy atom. The Labute approximate surface area is 195 Å². The summed E-state index contributed by atoms with van der Waals surface area (Å²) in [6.45, 7) is 0. The van der Waals surface area contributed by atoms with Crippen LogP contribution in [0.3, 0.4) is 0 Å². The Bertz CT molecular complexity index is 1440. The SMILES string of the molecule is CSC1=NC(=O)C(=C(Cc2ccc(S(C)(=O)=O)cc2C(F)(F)F)c2ccc3[nH]ncc3c2)S1. The van der Waals surface area contributed by atoms with Gasteiger partial charge in [-0.05, 0) is 53.6 Å². The Morgan fingerprint density at radius 2 is 1.94 bits per heavy atom. The third-order valence-corrected chi connectivity index (χ3v) is 8.19. The van der Waals surface area contributed by atoms with E-state index < -0.39 is 32.4 Å². The largest absolute Gasteiger partial charge is 0.416 e. The van der Waals surface area contributed by atoms with E-state index in [1.807, 2.05) is 0 Å². The number of hydrogen-bond donors (Lipinski definition) is 1. The van der Waals surface area contributed by atoms with E-state index in [0.29, 0.717) is 21.6 Å². The number of benzene rings is 2. The number of carbonyl (C=O) groups excluding carboxylic acids is 1. The highest BCUT2D eigenvalue weighted by atomic mass is 32.2. The molecule has 33 heavy (non-hydrogen) atoms. The molecule has 1 N–H and O–H groups in total. The summed E-state index contributed by atoms with van der Waals surface area (Å²) in [5.74, 6) is -0.520. The van der Waals surface area contributed by atoms with Crippen LogP contribution in [-0.4, -0.2) is 41.4 Å². The van der Waals surface area contributed by atoms with E-state index in [4.69, 9.17) is 0 Å². The van der Waals surface area contributed by atoms with Gasteiger partial charge in [0.1, 0.15) is 4.38 Å². The minimum Gasteiger partial charge on any atom is -0.278 e. The number of hydrogen-bond acceptors (Lipinski definition) is 6. The standard InChI is InChI=1S/C21H16F3N3O3S3/c1-31-20-26-19(28)18(32-20)15(11-4-6-17-13(7-11)10-25-27-17)8-12-3-5-14(33(2,29)30)9-16(12)21(22,23)24/h3-7,9-10H,8H2,1-2H3,(H,25,27). The fourth-order valence-corrected chi connectivity index (χ4v) is 5.56. The average Bonchev–Trinajstić information content (AvgIpc) is 3.36. The first-order valence-corrected chi connectivity index (χ1v) is 13.3.